The molecule has 0 spiro atoms. The minimum absolute atomic E-state index is 0.142. The number of hydrogen-bond donors (Lipinski definition) is 0. The van der Waals surface area contributed by atoms with Crippen molar-refractivity contribution in [1.82, 2.24) is 14.5 Å². The highest BCUT2D eigenvalue weighted by molar-refractivity contribution is 5.89. The van der Waals surface area contributed by atoms with Gasteiger partial charge in [0.1, 0.15) is 12.6 Å². The lowest BCUT2D eigenvalue weighted by Crippen LogP contribution is -2.39. The van der Waals surface area contributed by atoms with Crippen LogP contribution in [0.5, 0.6) is 0 Å². The van der Waals surface area contributed by atoms with E-state index < -0.39 is 24.1 Å². The van der Waals surface area contributed by atoms with Gasteiger partial charge >= 0.3 is 11.9 Å². The summed E-state index contributed by atoms with van der Waals surface area (Å²) < 4.78 is 12.4. The molecule has 1 aromatic carbocycles. The zero-order chi connectivity index (χ0) is 23.4. The van der Waals surface area contributed by atoms with Crippen molar-refractivity contribution in [3.63, 3.8) is 0 Å². The molecule has 2 aliphatic heterocycles. The second kappa shape index (κ2) is 7.81. The number of rotatable bonds is 4. The number of carbonyl (C=O) groups excluding carboxylic acids is 2. The van der Waals surface area contributed by atoms with Crippen LogP contribution in [0, 0.1) is 0 Å². The van der Waals surface area contributed by atoms with Crippen LogP contribution in [0.1, 0.15) is 42.2 Å². The van der Waals surface area contributed by atoms with Gasteiger partial charge in [0, 0.05) is 16.5 Å². The average molecular weight is 447 g/mol. The van der Waals surface area contributed by atoms with Gasteiger partial charge in [-0.1, -0.05) is 25.1 Å². The van der Waals surface area contributed by atoms with E-state index in [2.05, 4.69) is 6.92 Å². The Morgan fingerprint density at radius 2 is 2.03 bits per heavy atom. The molecule has 33 heavy (non-hydrogen) atoms. The van der Waals surface area contributed by atoms with Crippen molar-refractivity contribution in [2.45, 2.75) is 45.6 Å². The van der Waals surface area contributed by atoms with E-state index >= 15 is 0 Å². The fourth-order valence-electron chi connectivity index (χ4n) is 4.59. The van der Waals surface area contributed by atoms with Crippen LogP contribution in [0.25, 0.3) is 22.3 Å². The number of pyridine rings is 2. The van der Waals surface area contributed by atoms with Gasteiger partial charge in [0.25, 0.3) is 5.56 Å². The standard InChI is InChI=1S/C25H25N3O5/c1-5-14-15-8-6-7-9-19(15)26-21-17(14)11-28-20(21)10-16-18(23(28)29)12-32-25(31)22(16)33-24(30)13(2)27(3)4/h6-10,13,22H,5,11-12H2,1-4H3. The van der Waals surface area contributed by atoms with Crippen molar-refractivity contribution in [2.24, 2.45) is 0 Å². The molecule has 170 valence electrons. The molecular formula is C25H25N3O5. The SMILES string of the molecule is CCc1c2c(nc3ccccc13)-c1cc3c(c(=O)n1C2)COC(=O)C3OC(=O)C(C)N(C)C. The van der Waals surface area contributed by atoms with Crippen molar-refractivity contribution in [3.8, 4) is 11.4 Å². The Bertz CT molecular complexity index is 1370. The van der Waals surface area contributed by atoms with Gasteiger partial charge < -0.3 is 14.0 Å². The van der Waals surface area contributed by atoms with Crippen LogP contribution in [0.2, 0.25) is 0 Å². The monoisotopic (exact) mass is 447 g/mol. The van der Waals surface area contributed by atoms with Crippen molar-refractivity contribution < 1.29 is 19.1 Å². The molecule has 0 saturated carbocycles. The lowest BCUT2D eigenvalue weighted by Gasteiger charge is -2.27. The number of benzene rings is 1. The summed E-state index contributed by atoms with van der Waals surface area (Å²) in [4.78, 5) is 45.2. The van der Waals surface area contributed by atoms with Crippen LogP contribution < -0.4 is 5.56 Å². The zero-order valence-corrected chi connectivity index (χ0v) is 19.0. The van der Waals surface area contributed by atoms with Crippen LogP contribution in [-0.2, 0) is 38.6 Å². The predicted molar refractivity (Wildman–Crippen MR) is 122 cm³/mol. The van der Waals surface area contributed by atoms with E-state index in [9.17, 15) is 14.4 Å². The number of para-hydroxylation sites is 1. The molecule has 0 radical (unpaired) electrons. The Balaban J connectivity index is 1.67. The molecule has 2 aromatic heterocycles. The second-order valence-corrected chi connectivity index (χ2v) is 8.71. The number of fused-ring (bicyclic) bond motifs is 5. The Morgan fingerprint density at radius 1 is 1.27 bits per heavy atom. The van der Waals surface area contributed by atoms with Crippen molar-refractivity contribution in [1.29, 1.82) is 0 Å². The highest BCUT2D eigenvalue weighted by atomic mass is 16.6. The van der Waals surface area contributed by atoms with Gasteiger partial charge in [-0.25, -0.2) is 9.78 Å². The number of hydrogen-bond acceptors (Lipinski definition) is 7. The first-order valence-corrected chi connectivity index (χ1v) is 11.0. The number of likely N-dealkylation sites (N-methyl/N-ethyl adjacent to an activating group) is 1. The lowest BCUT2D eigenvalue weighted by molar-refractivity contribution is -0.174. The summed E-state index contributed by atoms with van der Waals surface area (Å²) in [6.45, 7) is 4.05. The van der Waals surface area contributed by atoms with Crippen LogP contribution in [0.4, 0.5) is 0 Å². The van der Waals surface area contributed by atoms with Crippen molar-refractivity contribution in [3.05, 3.63) is 62.9 Å². The maximum atomic E-state index is 13.4. The zero-order valence-electron chi connectivity index (χ0n) is 19.0. The summed E-state index contributed by atoms with van der Waals surface area (Å²) >= 11 is 0. The Hall–Kier alpha value is -3.52. The first kappa shape index (κ1) is 21.3. The predicted octanol–water partition coefficient (Wildman–Crippen LogP) is 2.58. The number of aryl methyl sites for hydroxylation is 1. The first-order valence-electron chi connectivity index (χ1n) is 11.0. The normalized spacial score (nSPS) is 17.4. The molecule has 3 aromatic rings. The molecule has 4 heterocycles. The maximum absolute atomic E-state index is 13.4. The summed E-state index contributed by atoms with van der Waals surface area (Å²) in [5.74, 6) is -1.24. The maximum Gasteiger partial charge on any atom is 0.352 e. The van der Waals surface area contributed by atoms with E-state index in [4.69, 9.17) is 14.5 Å². The number of cyclic esters (lactones) is 1. The first-order chi connectivity index (χ1) is 15.8. The number of esters is 2. The third-order valence-electron chi connectivity index (χ3n) is 6.66. The third kappa shape index (κ3) is 3.24. The van der Waals surface area contributed by atoms with E-state index in [1.165, 1.54) is 0 Å². The summed E-state index contributed by atoms with van der Waals surface area (Å²) in [7, 11) is 3.49. The van der Waals surface area contributed by atoms with E-state index in [1.807, 2.05) is 24.3 Å². The fourth-order valence-corrected chi connectivity index (χ4v) is 4.59. The summed E-state index contributed by atoms with van der Waals surface area (Å²) in [6, 6.07) is 9.14. The number of nitrogens with zero attached hydrogens (tertiary/aromatic N) is 3. The van der Waals surface area contributed by atoms with Crippen LogP contribution in [-0.4, -0.2) is 46.5 Å². The lowest BCUT2D eigenvalue weighted by atomic mass is 9.97. The van der Waals surface area contributed by atoms with Crippen molar-refractivity contribution in [2.75, 3.05) is 14.1 Å². The fraction of sp³-hybridized carbons (Fsp3) is 0.360. The molecule has 5 rings (SSSR count). The van der Waals surface area contributed by atoms with E-state index in [-0.39, 0.29) is 12.2 Å². The topological polar surface area (TPSA) is 90.7 Å². The van der Waals surface area contributed by atoms with Crippen LogP contribution in [0.3, 0.4) is 0 Å². The minimum Gasteiger partial charge on any atom is -0.458 e. The molecule has 0 saturated heterocycles. The molecule has 8 nitrogen and oxygen atoms in total. The molecule has 0 N–H and O–H groups in total. The van der Waals surface area contributed by atoms with Crippen LogP contribution in [0.15, 0.2) is 35.1 Å². The number of aromatic nitrogens is 2. The van der Waals surface area contributed by atoms with Gasteiger partial charge in [0.15, 0.2) is 0 Å². The average Bonchev–Trinajstić information content (AvgIpc) is 3.17. The highest BCUT2D eigenvalue weighted by Crippen LogP contribution is 2.38. The van der Waals surface area contributed by atoms with Gasteiger partial charge in [0.05, 0.1) is 29.0 Å². The molecule has 2 unspecified atom stereocenters. The van der Waals surface area contributed by atoms with Gasteiger partial charge in [-0.15, -0.1) is 0 Å². The smallest absolute Gasteiger partial charge is 0.352 e. The quantitative estimate of drug-likeness (QED) is 0.444. The summed E-state index contributed by atoms with van der Waals surface area (Å²) in [5.41, 5.74) is 4.85. The molecule has 0 aliphatic carbocycles. The molecule has 2 atom stereocenters. The van der Waals surface area contributed by atoms with Gasteiger partial charge in [-0.3, -0.25) is 14.5 Å². The third-order valence-corrected chi connectivity index (χ3v) is 6.66. The number of carbonyl (C=O) groups is 2. The van der Waals surface area contributed by atoms with Gasteiger partial charge in [0.2, 0.25) is 6.10 Å². The Morgan fingerprint density at radius 3 is 2.76 bits per heavy atom. The molecular weight excluding hydrogens is 422 g/mol. The van der Waals surface area contributed by atoms with E-state index in [1.54, 1.807) is 36.6 Å². The summed E-state index contributed by atoms with van der Waals surface area (Å²) in [5, 5.41) is 1.08. The largest absolute Gasteiger partial charge is 0.458 e. The molecule has 2 aliphatic rings. The summed E-state index contributed by atoms with van der Waals surface area (Å²) in [6.07, 6.45) is -0.477. The van der Waals surface area contributed by atoms with Crippen molar-refractivity contribution >= 4 is 22.8 Å². The van der Waals surface area contributed by atoms with E-state index in [0.717, 1.165) is 34.1 Å². The molecule has 0 amide bonds. The second-order valence-electron chi connectivity index (χ2n) is 8.71. The van der Waals surface area contributed by atoms with Crippen LogP contribution >= 0.6 is 0 Å². The van der Waals surface area contributed by atoms with E-state index in [0.29, 0.717) is 23.4 Å². The highest BCUT2D eigenvalue weighted by Gasteiger charge is 2.38. The molecule has 0 fully saturated rings. The Labute approximate surface area is 190 Å². The molecule has 8 heteroatoms. The van der Waals surface area contributed by atoms with Gasteiger partial charge in [-0.05, 0) is 45.1 Å². The molecule has 0 bridgehead atoms. The number of ether oxygens (including phenoxy) is 2. The minimum atomic E-state index is -1.28. The Kier molecular flexibility index (Phi) is 5.05. The van der Waals surface area contributed by atoms with Gasteiger partial charge in [-0.2, -0.15) is 0 Å².